The van der Waals surface area contributed by atoms with Crippen LogP contribution in [-0.2, 0) is 6.42 Å². The Morgan fingerprint density at radius 2 is 2.28 bits per heavy atom. The van der Waals surface area contributed by atoms with Crippen molar-refractivity contribution < 1.29 is 5.11 Å². The third kappa shape index (κ3) is 1.22. The number of hydrogen-bond donors (Lipinski definition) is 1. The van der Waals surface area contributed by atoms with Gasteiger partial charge in [0.25, 0.3) is 0 Å². The second-order valence-electron chi connectivity index (χ2n) is 6.24. The summed E-state index contributed by atoms with van der Waals surface area (Å²) in [5, 5.41) is 9.63. The number of hydrogen-bond acceptors (Lipinski definition) is 2. The van der Waals surface area contributed by atoms with Crippen LogP contribution in [0.2, 0.25) is 0 Å². The van der Waals surface area contributed by atoms with E-state index < -0.39 is 0 Å². The Kier molecular flexibility index (Phi) is 2.00. The standard InChI is InChI=1S/C16H19NO/c1-17-9-12-2-5-15-14-4-3-13(18)8-11(14)6-7-16(12,15)10-17/h3-5,8,12,18H,2,6-7,9-10H2,1H3/t12-,16+/m1/s1. The molecule has 1 aromatic rings. The fourth-order valence-electron chi connectivity index (χ4n) is 4.50. The van der Waals surface area contributed by atoms with Crippen LogP contribution >= 0.6 is 0 Å². The predicted molar refractivity (Wildman–Crippen MR) is 72.4 cm³/mol. The Bertz CT molecular complexity index is 548. The summed E-state index contributed by atoms with van der Waals surface area (Å²) in [6.45, 7) is 2.46. The lowest BCUT2D eigenvalue weighted by Gasteiger charge is -2.38. The van der Waals surface area contributed by atoms with Gasteiger partial charge in [-0.15, -0.1) is 0 Å². The van der Waals surface area contributed by atoms with Gasteiger partial charge in [0.15, 0.2) is 0 Å². The van der Waals surface area contributed by atoms with E-state index in [4.69, 9.17) is 0 Å². The van der Waals surface area contributed by atoms with Gasteiger partial charge in [-0.05, 0) is 61.1 Å². The first-order chi connectivity index (χ1) is 8.69. The SMILES string of the molecule is CN1C[C@H]2CC=C3c4ccc(O)cc4CC[C@@]32C1. The van der Waals surface area contributed by atoms with E-state index in [0.717, 1.165) is 12.3 Å². The molecule has 1 spiro atoms. The Balaban J connectivity index is 1.85. The van der Waals surface area contributed by atoms with Gasteiger partial charge in [-0.3, -0.25) is 0 Å². The average Bonchev–Trinajstić information content (AvgIpc) is 2.82. The molecule has 1 fully saturated rings. The normalized spacial score (nSPS) is 33.8. The maximum absolute atomic E-state index is 9.63. The van der Waals surface area contributed by atoms with E-state index >= 15 is 0 Å². The molecule has 1 heterocycles. The summed E-state index contributed by atoms with van der Waals surface area (Å²) in [6.07, 6.45) is 6.07. The molecule has 0 aromatic heterocycles. The Morgan fingerprint density at radius 1 is 1.39 bits per heavy atom. The summed E-state index contributed by atoms with van der Waals surface area (Å²) in [7, 11) is 2.25. The third-order valence-electron chi connectivity index (χ3n) is 5.23. The highest BCUT2D eigenvalue weighted by atomic mass is 16.3. The number of aromatic hydroxyl groups is 1. The summed E-state index contributed by atoms with van der Waals surface area (Å²) in [4.78, 5) is 2.49. The number of likely N-dealkylation sites (tertiary alicyclic amines) is 1. The van der Waals surface area contributed by atoms with E-state index in [9.17, 15) is 5.11 Å². The second kappa shape index (κ2) is 3.39. The van der Waals surface area contributed by atoms with E-state index in [1.165, 1.54) is 37.1 Å². The van der Waals surface area contributed by atoms with Crippen molar-refractivity contribution in [1.82, 2.24) is 4.90 Å². The molecular weight excluding hydrogens is 222 g/mol. The van der Waals surface area contributed by atoms with Crippen molar-refractivity contribution in [3.8, 4) is 5.75 Å². The molecule has 0 radical (unpaired) electrons. The minimum Gasteiger partial charge on any atom is -0.508 e. The van der Waals surface area contributed by atoms with Crippen LogP contribution in [-0.4, -0.2) is 30.1 Å². The van der Waals surface area contributed by atoms with Gasteiger partial charge in [-0.1, -0.05) is 12.1 Å². The molecular formula is C16H19NO. The Morgan fingerprint density at radius 3 is 3.17 bits per heavy atom. The number of phenols is 1. The van der Waals surface area contributed by atoms with Crippen molar-refractivity contribution in [2.75, 3.05) is 20.1 Å². The molecule has 1 aliphatic heterocycles. The van der Waals surface area contributed by atoms with Crippen molar-refractivity contribution in [1.29, 1.82) is 0 Å². The molecule has 3 aliphatic rings. The van der Waals surface area contributed by atoms with E-state index in [1.54, 1.807) is 5.57 Å². The second-order valence-corrected chi connectivity index (χ2v) is 6.24. The van der Waals surface area contributed by atoms with Gasteiger partial charge < -0.3 is 10.0 Å². The number of fused-ring (bicyclic) bond motifs is 2. The Hall–Kier alpha value is -1.28. The largest absolute Gasteiger partial charge is 0.508 e. The molecule has 0 amide bonds. The lowest BCUT2D eigenvalue weighted by atomic mass is 9.66. The molecule has 4 rings (SSSR count). The van der Waals surface area contributed by atoms with E-state index in [2.05, 4.69) is 24.1 Å². The summed E-state index contributed by atoms with van der Waals surface area (Å²) in [5.74, 6) is 1.22. The van der Waals surface area contributed by atoms with E-state index in [-0.39, 0.29) is 0 Å². The van der Waals surface area contributed by atoms with Crippen LogP contribution in [0, 0.1) is 11.3 Å². The highest BCUT2D eigenvalue weighted by Crippen LogP contribution is 2.58. The molecule has 1 aromatic carbocycles. The van der Waals surface area contributed by atoms with Crippen LogP contribution in [0.3, 0.4) is 0 Å². The average molecular weight is 241 g/mol. The van der Waals surface area contributed by atoms with E-state index in [1.807, 2.05) is 12.1 Å². The zero-order valence-corrected chi connectivity index (χ0v) is 10.8. The lowest BCUT2D eigenvalue weighted by Crippen LogP contribution is -2.32. The van der Waals surface area contributed by atoms with Crippen LogP contribution in [0.1, 0.15) is 24.0 Å². The van der Waals surface area contributed by atoms with Gasteiger partial charge in [-0.2, -0.15) is 0 Å². The molecule has 0 bridgehead atoms. The quantitative estimate of drug-likeness (QED) is 0.755. The van der Waals surface area contributed by atoms with Gasteiger partial charge in [0.2, 0.25) is 0 Å². The van der Waals surface area contributed by atoms with Crippen molar-refractivity contribution in [2.45, 2.75) is 19.3 Å². The molecule has 2 aliphatic carbocycles. The fourth-order valence-corrected chi connectivity index (χ4v) is 4.50. The van der Waals surface area contributed by atoms with E-state index in [0.29, 0.717) is 11.2 Å². The number of aryl methyl sites for hydroxylation is 1. The highest BCUT2D eigenvalue weighted by molar-refractivity contribution is 5.77. The van der Waals surface area contributed by atoms with Gasteiger partial charge >= 0.3 is 0 Å². The molecule has 1 N–H and O–H groups in total. The van der Waals surface area contributed by atoms with Crippen molar-refractivity contribution in [2.24, 2.45) is 11.3 Å². The highest BCUT2D eigenvalue weighted by Gasteiger charge is 2.52. The summed E-state index contributed by atoms with van der Waals surface area (Å²) in [6, 6.07) is 5.91. The van der Waals surface area contributed by atoms with Crippen molar-refractivity contribution in [3.05, 3.63) is 35.4 Å². The van der Waals surface area contributed by atoms with Crippen LogP contribution in [0.4, 0.5) is 0 Å². The number of allylic oxidation sites excluding steroid dienone is 1. The summed E-state index contributed by atoms with van der Waals surface area (Å²) < 4.78 is 0. The molecule has 0 saturated carbocycles. The first-order valence-corrected chi connectivity index (χ1v) is 6.90. The summed E-state index contributed by atoms with van der Waals surface area (Å²) in [5.41, 5.74) is 4.72. The summed E-state index contributed by atoms with van der Waals surface area (Å²) >= 11 is 0. The zero-order chi connectivity index (χ0) is 12.3. The smallest absolute Gasteiger partial charge is 0.115 e. The molecule has 2 nitrogen and oxygen atoms in total. The van der Waals surface area contributed by atoms with Crippen LogP contribution in [0.5, 0.6) is 5.75 Å². The topological polar surface area (TPSA) is 23.5 Å². The monoisotopic (exact) mass is 241 g/mol. The van der Waals surface area contributed by atoms with Gasteiger partial charge in [-0.25, -0.2) is 0 Å². The van der Waals surface area contributed by atoms with Crippen LogP contribution in [0.15, 0.2) is 24.3 Å². The van der Waals surface area contributed by atoms with Crippen LogP contribution < -0.4 is 0 Å². The van der Waals surface area contributed by atoms with Crippen LogP contribution in [0.25, 0.3) is 5.57 Å². The number of rotatable bonds is 0. The molecule has 2 heteroatoms. The maximum atomic E-state index is 9.63. The van der Waals surface area contributed by atoms with Crippen molar-refractivity contribution in [3.63, 3.8) is 0 Å². The lowest BCUT2D eigenvalue weighted by molar-refractivity contribution is 0.300. The molecule has 18 heavy (non-hydrogen) atoms. The van der Waals surface area contributed by atoms with Gasteiger partial charge in [0.1, 0.15) is 5.75 Å². The molecule has 94 valence electrons. The number of nitrogens with zero attached hydrogens (tertiary/aromatic N) is 1. The first kappa shape index (κ1) is 10.6. The zero-order valence-electron chi connectivity index (χ0n) is 10.8. The predicted octanol–water partition coefficient (Wildman–Crippen LogP) is 2.67. The fraction of sp³-hybridized carbons (Fsp3) is 0.500. The maximum Gasteiger partial charge on any atom is 0.115 e. The minimum absolute atomic E-state index is 0.406. The third-order valence-corrected chi connectivity index (χ3v) is 5.23. The van der Waals surface area contributed by atoms with Crippen molar-refractivity contribution >= 4 is 5.57 Å². The molecule has 2 atom stereocenters. The van der Waals surface area contributed by atoms with Gasteiger partial charge in [0.05, 0.1) is 0 Å². The first-order valence-electron chi connectivity index (χ1n) is 6.90. The molecule has 1 saturated heterocycles. The number of benzene rings is 1. The van der Waals surface area contributed by atoms with Gasteiger partial charge in [0, 0.05) is 18.5 Å². The number of phenolic OH excluding ortho intramolecular Hbond substituents is 1. The Labute approximate surface area is 108 Å². The molecule has 0 unspecified atom stereocenters. The minimum atomic E-state index is 0.406.